The molecule has 12 aromatic rings. The third kappa shape index (κ3) is 6.27. The van der Waals surface area contributed by atoms with Gasteiger partial charge in [-0.25, -0.2) is 15.0 Å². The molecule has 20 rings (SSSR count). The van der Waals surface area contributed by atoms with Crippen LogP contribution in [0.15, 0.2) is 182 Å². The molecule has 0 unspecified atom stereocenters. The first-order valence-corrected chi connectivity index (χ1v) is 29.0. The second kappa shape index (κ2) is 15.9. The Bertz CT molecular complexity index is 4210. The van der Waals surface area contributed by atoms with Gasteiger partial charge in [0.2, 0.25) is 0 Å². The van der Waals surface area contributed by atoms with Crippen LogP contribution in [0.5, 0.6) is 0 Å². The Labute approximate surface area is 448 Å². The second-order valence-electron chi connectivity index (χ2n) is 25.2. The highest BCUT2D eigenvalue weighted by Gasteiger charge is 2.56. The highest BCUT2D eigenvalue weighted by atomic mass is 15.1. The van der Waals surface area contributed by atoms with Crippen LogP contribution in [0, 0.1) is 35.5 Å². The maximum Gasteiger partial charge on any atom is 0.165 e. The Morgan fingerprint density at radius 2 is 0.688 bits per heavy atom. The highest BCUT2D eigenvalue weighted by molar-refractivity contribution is 6.13. The zero-order chi connectivity index (χ0) is 50.1. The maximum atomic E-state index is 6.00. The lowest BCUT2D eigenvalue weighted by atomic mass is 9.49. The number of aromatic nitrogens is 6. The largest absolute Gasteiger partial charge is 0.309 e. The van der Waals surface area contributed by atoms with Crippen molar-refractivity contribution in [2.24, 2.45) is 35.5 Å². The van der Waals surface area contributed by atoms with Crippen LogP contribution in [0.4, 0.5) is 0 Å². The summed E-state index contributed by atoms with van der Waals surface area (Å²) < 4.78 is 7.47. The molecular formula is C71H60N6. The van der Waals surface area contributed by atoms with Gasteiger partial charge < -0.3 is 13.7 Å². The minimum absolute atomic E-state index is 0.0143. The van der Waals surface area contributed by atoms with E-state index in [1.807, 2.05) is 0 Å². The first-order valence-electron chi connectivity index (χ1n) is 29.0. The fourth-order valence-electron chi connectivity index (χ4n) is 18.5. The van der Waals surface area contributed by atoms with Crippen molar-refractivity contribution in [2.75, 3.05) is 0 Å². The van der Waals surface area contributed by atoms with Gasteiger partial charge in [0.25, 0.3) is 0 Å². The Morgan fingerprint density at radius 1 is 0.312 bits per heavy atom. The summed E-state index contributed by atoms with van der Waals surface area (Å²) in [6.07, 6.45) is 15.7. The summed E-state index contributed by atoms with van der Waals surface area (Å²) in [5, 5.41) is 7.53. The summed E-state index contributed by atoms with van der Waals surface area (Å²) in [5.74, 6) is 7.79. The predicted octanol–water partition coefficient (Wildman–Crippen LogP) is 17.4. The van der Waals surface area contributed by atoms with Gasteiger partial charge in [-0.3, -0.25) is 0 Å². The summed E-state index contributed by atoms with van der Waals surface area (Å²) in [5.41, 5.74) is 14.1. The summed E-state index contributed by atoms with van der Waals surface area (Å²) in [4.78, 5) is 18.0. The zero-order valence-corrected chi connectivity index (χ0v) is 43.5. The van der Waals surface area contributed by atoms with E-state index in [0.717, 1.165) is 81.2 Å². The number of rotatable bonds is 7. The van der Waals surface area contributed by atoms with E-state index >= 15 is 0 Å². The van der Waals surface area contributed by atoms with E-state index in [1.54, 1.807) is 0 Å². The SMILES string of the molecule is c1ccc(-n2c3ccccc3c3ccccc32)c(-c2ccc(-n3c4ccccc4c4cc(-n5c6ccccc6c6ccccc65)ccc43)c(-c3nc(C45CC6CC(CC(C6)C4)C5)nc(C45CC6CC(CC(C6)C4)C5)n3)c2)c1. The molecule has 0 aliphatic heterocycles. The summed E-state index contributed by atoms with van der Waals surface area (Å²) in [6, 6.07) is 68.0. The molecule has 0 amide bonds. The molecule has 0 atom stereocenters. The van der Waals surface area contributed by atoms with Gasteiger partial charge in [-0.05, 0) is 185 Å². The topological polar surface area (TPSA) is 53.5 Å². The third-order valence-electron chi connectivity index (χ3n) is 20.7. The van der Waals surface area contributed by atoms with E-state index in [-0.39, 0.29) is 10.8 Å². The lowest BCUT2D eigenvalue weighted by Gasteiger charge is -2.57. The minimum Gasteiger partial charge on any atom is -0.309 e. The molecule has 6 nitrogen and oxygen atoms in total. The number of nitrogens with zero attached hydrogens (tertiary/aromatic N) is 6. The quantitative estimate of drug-likeness (QED) is 0.160. The van der Waals surface area contributed by atoms with Gasteiger partial charge in [-0.2, -0.15) is 0 Å². The van der Waals surface area contributed by atoms with E-state index < -0.39 is 0 Å². The van der Waals surface area contributed by atoms with Crippen LogP contribution >= 0.6 is 0 Å². The van der Waals surface area contributed by atoms with Crippen LogP contribution in [0.2, 0.25) is 0 Å². The van der Waals surface area contributed by atoms with Gasteiger partial charge in [0.05, 0.1) is 44.5 Å². The van der Waals surface area contributed by atoms with Gasteiger partial charge >= 0.3 is 0 Å². The molecule has 8 saturated carbocycles. The van der Waals surface area contributed by atoms with E-state index in [0.29, 0.717) is 0 Å². The van der Waals surface area contributed by atoms with E-state index in [9.17, 15) is 0 Å². The predicted molar refractivity (Wildman–Crippen MR) is 313 cm³/mol. The molecule has 0 N–H and O–H groups in total. The molecule has 0 radical (unpaired) electrons. The summed E-state index contributed by atoms with van der Waals surface area (Å²) in [6.45, 7) is 0. The monoisotopic (exact) mass is 996 g/mol. The minimum atomic E-state index is 0.0143. The first kappa shape index (κ1) is 43.3. The van der Waals surface area contributed by atoms with Crippen LogP contribution < -0.4 is 0 Å². The fraction of sp³-hybridized carbons (Fsp3) is 0.282. The number of fused-ring (bicyclic) bond motifs is 9. The molecule has 6 heteroatoms. The highest BCUT2D eigenvalue weighted by Crippen LogP contribution is 2.63. The Morgan fingerprint density at radius 3 is 1.16 bits per heavy atom. The molecule has 8 bridgehead atoms. The van der Waals surface area contributed by atoms with Crippen molar-refractivity contribution < 1.29 is 0 Å². The van der Waals surface area contributed by atoms with Gasteiger partial charge in [0.1, 0.15) is 11.6 Å². The van der Waals surface area contributed by atoms with E-state index in [4.69, 9.17) is 15.0 Å². The molecule has 8 fully saturated rings. The van der Waals surface area contributed by atoms with Crippen molar-refractivity contribution in [3.63, 3.8) is 0 Å². The standard InChI is InChI=1S/C71H60N6/c1-7-19-59(76-62-22-10-4-16-54(62)55-17-5-11-23-63(55)76)51(13-1)49-25-27-66(77-64-24-12-6-18-56(64)57-36-50(26-28-65(57)77)75-60-20-8-2-14-52(60)53-15-3-9-21-61(53)75)58(35-49)67-72-68(70-37-43-29-44(38-70)31-45(30-43)39-70)74-69(73-67)71-40-46-32-47(41-71)34-48(33-46)42-71/h1-28,35-36,43-48H,29-34,37-42H2. The maximum absolute atomic E-state index is 6.00. The molecule has 8 aromatic carbocycles. The smallest absolute Gasteiger partial charge is 0.165 e. The van der Waals surface area contributed by atoms with Crippen molar-refractivity contribution in [1.29, 1.82) is 0 Å². The molecule has 4 heterocycles. The van der Waals surface area contributed by atoms with Gasteiger partial charge in [-0.15, -0.1) is 0 Å². The zero-order valence-electron chi connectivity index (χ0n) is 43.5. The molecular weight excluding hydrogens is 937 g/mol. The number of hydrogen-bond acceptors (Lipinski definition) is 3. The van der Waals surface area contributed by atoms with Crippen LogP contribution in [0.1, 0.15) is 88.7 Å². The lowest BCUT2D eigenvalue weighted by Crippen LogP contribution is -2.51. The van der Waals surface area contributed by atoms with Gasteiger partial charge in [-0.1, -0.05) is 115 Å². The molecule has 374 valence electrons. The van der Waals surface area contributed by atoms with Crippen molar-refractivity contribution in [3.8, 4) is 39.6 Å². The Kier molecular flexibility index (Phi) is 8.93. The third-order valence-corrected chi connectivity index (χ3v) is 20.7. The van der Waals surface area contributed by atoms with Crippen molar-refractivity contribution in [2.45, 2.75) is 87.9 Å². The van der Waals surface area contributed by atoms with Crippen LogP contribution in [0.25, 0.3) is 105 Å². The lowest BCUT2D eigenvalue weighted by molar-refractivity contribution is -0.0155. The molecule has 4 aromatic heterocycles. The molecule has 8 aliphatic carbocycles. The van der Waals surface area contributed by atoms with E-state index in [1.165, 1.54) is 148 Å². The number of hydrogen-bond donors (Lipinski definition) is 0. The second-order valence-corrected chi connectivity index (χ2v) is 25.2. The summed E-state index contributed by atoms with van der Waals surface area (Å²) in [7, 11) is 0. The van der Waals surface area contributed by atoms with Crippen LogP contribution in [-0.2, 0) is 10.8 Å². The first-order chi connectivity index (χ1) is 38.0. The van der Waals surface area contributed by atoms with Gasteiger partial charge in [0.15, 0.2) is 5.82 Å². The van der Waals surface area contributed by atoms with E-state index in [2.05, 4.69) is 196 Å². The van der Waals surface area contributed by atoms with Gasteiger partial charge in [0, 0.05) is 60.0 Å². The Balaban J connectivity index is 0.902. The fourth-order valence-corrected chi connectivity index (χ4v) is 18.5. The van der Waals surface area contributed by atoms with Crippen LogP contribution in [-0.4, -0.2) is 28.7 Å². The van der Waals surface area contributed by atoms with Crippen molar-refractivity contribution in [1.82, 2.24) is 28.7 Å². The average Bonchev–Trinajstić information content (AvgIpc) is 4.21. The van der Waals surface area contributed by atoms with Crippen molar-refractivity contribution in [3.05, 3.63) is 194 Å². The number of para-hydroxylation sites is 6. The molecule has 0 saturated heterocycles. The average molecular weight is 997 g/mol. The summed E-state index contributed by atoms with van der Waals surface area (Å²) >= 11 is 0. The normalized spacial score (nSPS) is 26.2. The van der Waals surface area contributed by atoms with Crippen molar-refractivity contribution >= 4 is 65.4 Å². The van der Waals surface area contributed by atoms with Crippen LogP contribution in [0.3, 0.4) is 0 Å². The Hall–Kier alpha value is -7.83. The molecule has 0 spiro atoms. The number of benzene rings is 8. The molecule has 77 heavy (non-hydrogen) atoms. The molecule has 8 aliphatic rings.